The van der Waals surface area contributed by atoms with Gasteiger partial charge in [-0.1, -0.05) is 48.0 Å². The summed E-state index contributed by atoms with van der Waals surface area (Å²) in [5.74, 6) is 0.0510. The summed E-state index contributed by atoms with van der Waals surface area (Å²) < 4.78 is 0. The molecular formula is C20H19NO2. The second kappa shape index (κ2) is 6.61. The smallest absolute Gasteiger partial charge is 0.168 e. The van der Waals surface area contributed by atoms with Crippen molar-refractivity contribution >= 4 is 17.2 Å². The van der Waals surface area contributed by atoms with Crippen molar-refractivity contribution in [2.45, 2.75) is 25.7 Å². The lowest BCUT2D eigenvalue weighted by atomic mass is 9.80. The number of hydrogen-bond donors (Lipinski definition) is 1. The van der Waals surface area contributed by atoms with Crippen LogP contribution in [0.2, 0.25) is 0 Å². The van der Waals surface area contributed by atoms with Crippen LogP contribution in [0.3, 0.4) is 0 Å². The van der Waals surface area contributed by atoms with Crippen LogP contribution in [0.1, 0.15) is 29.9 Å². The normalized spacial score (nSPS) is 21.8. The first-order valence-corrected chi connectivity index (χ1v) is 7.74. The molecule has 0 aromatic heterocycles. The van der Waals surface area contributed by atoms with E-state index in [0.29, 0.717) is 24.1 Å². The number of carbonyl (C=O) groups is 1. The van der Waals surface area contributed by atoms with Gasteiger partial charge in [0.25, 0.3) is 0 Å². The SMILES string of the molecule is Cc1ccc(N=C2C[C@@H](c3ccccc3)CC(=O)C2=CO)cc1. The third-order valence-corrected chi connectivity index (χ3v) is 4.18. The number of aryl methyl sites for hydroxylation is 1. The second-order valence-electron chi connectivity index (χ2n) is 5.88. The molecule has 0 spiro atoms. The Morgan fingerprint density at radius 1 is 1.04 bits per heavy atom. The third-order valence-electron chi connectivity index (χ3n) is 4.18. The van der Waals surface area contributed by atoms with Crippen LogP contribution in [0.5, 0.6) is 0 Å². The number of nitrogens with zero attached hydrogens (tertiary/aromatic N) is 1. The number of aliphatic hydroxyl groups excluding tert-OH is 1. The average Bonchev–Trinajstić information content (AvgIpc) is 2.57. The van der Waals surface area contributed by atoms with Crippen LogP contribution in [0.25, 0.3) is 0 Å². The third kappa shape index (κ3) is 3.39. The van der Waals surface area contributed by atoms with E-state index in [-0.39, 0.29) is 11.7 Å². The highest BCUT2D eigenvalue weighted by molar-refractivity contribution is 6.24. The number of rotatable bonds is 2. The quantitative estimate of drug-likeness (QED) is 0.648. The van der Waals surface area contributed by atoms with Gasteiger partial charge in [-0.05, 0) is 37.0 Å². The van der Waals surface area contributed by atoms with Crippen molar-refractivity contribution in [2.75, 3.05) is 0 Å². The molecular weight excluding hydrogens is 286 g/mol. The number of allylic oxidation sites excluding steroid dienone is 1. The Hall–Kier alpha value is -2.68. The second-order valence-corrected chi connectivity index (χ2v) is 5.88. The van der Waals surface area contributed by atoms with Crippen molar-refractivity contribution in [3.8, 4) is 0 Å². The Morgan fingerprint density at radius 2 is 1.74 bits per heavy atom. The summed E-state index contributed by atoms with van der Waals surface area (Å²) in [6.07, 6.45) is 1.95. The molecule has 0 radical (unpaired) electrons. The van der Waals surface area contributed by atoms with Crippen LogP contribution in [-0.2, 0) is 4.79 Å². The summed E-state index contributed by atoms with van der Waals surface area (Å²) >= 11 is 0. The fourth-order valence-corrected chi connectivity index (χ4v) is 2.90. The van der Waals surface area contributed by atoms with E-state index < -0.39 is 0 Å². The molecule has 3 rings (SSSR count). The molecule has 0 saturated heterocycles. The van der Waals surface area contributed by atoms with Crippen molar-refractivity contribution in [1.82, 2.24) is 0 Å². The maximum atomic E-state index is 12.4. The van der Waals surface area contributed by atoms with Gasteiger partial charge in [-0.2, -0.15) is 0 Å². The minimum atomic E-state index is -0.0570. The maximum Gasteiger partial charge on any atom is 0.168 e. The molecule has 0 heterocycles. The standard InChI is InChI=1S/C20H19NO2/c1-14-7-9-17(10-8-14)21-19-11-16(12-20(23)18(19)13-22)15-5-3-2-4-6-15/h2-10,13,16,22H,11-12H2,1H3/t16-/m1/s1. The number of benzene rings is 2. The van der Waals surface area contributed by atoms with Gasteiger partial charge in [0, 0.05) is 6.42 Å². The molecule has 116 valence electrons. The molecule has 3 nitrogen and oxygen atoms in total. The van der Waals surface area contributed by atoms with Gasteiger partial charge in [0.15, 0.2) is 5.78 Å². The summed E-state index contributed by atoms with van der Waals surface area (Å²) in [5.41, 5.74) is 4.08. The molecule has 1 aliphatic carbocycles. The molecule has 1 N–H and O–H groups in total. The van der Waals surface area contributed by atoms with Gasteiger partial charge in [0.1, 0.15) is 0 Å². The molecule has 0 amide bonds. The lowest BCUT2D eigenvalue weighted by Crippen LogP contribution is -2.25. The number of aliphatic hydroxyl groups is 1. The lowest BCUT2D eigenvalue weighted by Gasteiger charge is -2.24. The molecule has 2 aromatic rings. The summed E-state index contributed by atoms with van der Waals surface area (Å²) in [6.45, 7) is 2.02. The Labute approximate surface area is 136 Å². The molecule has 1 saturated carbocycles. The minimum Gasteiger partial charge on any atom is -0.515 e. The summed E-state index contributed by atoms with van der Waals surface area (Å²) in [4.78, 5) is 17.0. The van der Waals surface area contributed by atoms with Crippen LogP contribution in [0.4, 0.5) is 5.69 Å². The highest BCUT2D eigenvalue weighted by atomic mass is 16.2. The molecule has 3 heteroatoms. The van der Waals surface area contributed by atoms with Crippen molar-refractivity contribution in [3.63, 3.8) is 0 Å². The monoisotopic (exact) mass is 305 g/mol. The Morgan fingerprint density at radius 3 is 2.39 bits per heavy atom. The van der Waals surface area contributed by atoms with Crippen LogP contribution in [0, 0.1) is 6.92 Å². The van der Waals surface area contributed by atoms with Crippen molar-refractivity contribution in [2.24, 2.45) is 4.99 Å². The zero-order valence-corrected chi connectivity index (χ0v) is 13.1. The largest absolute Gasteiger partial charge is 0.515 e. The zero-order valence-electron chi connectivity index (χ0n) is 13.1. The Kier molecular flexibility index (Phi) is 4.38. The molecule has 23 heavy (non-hydrogen) atoms. The van der Waals surface area contributed by atoms with E-state index in [0.717, 1.165) is 23.1 Å². The number of ketones is 1. The van der Waals surface area contributed by atoms with Gasteiger partial charge in [-0.3, -0.25) is 9.79 Å². The van der Waals surface area contributed by atoms with Gasteiger partial charge in [-0.25, -0.2) is 0 Å². The van der Waals surface area contributed by atoms with E-state index in [9.17, 15) is 9.90 Å². The fraction of sp³-hybridized carbons (Fsp3) is 0.200. The van der Waals surface area contributed by atoms with E-state index in [1.807, 2.05) is 61.5 Å². The van der Waals surface area contributed by atoms with Crippen LogP contribution in [0.15, 0.2) is 71.4 Å². The molecule has 0 bridgehead atoms. The van der Waals surface area contributed by atoms with Crippen LogP contribution >= 0.6 is 0 Å². The molecule has 0 unspecified atom stereocenters. The first-order chi connectivity index (χ1) is 11.2. The molecule has 1 atom stereocenters. The Bertz CT molecular complexity index is 758. The van der Waals surface area contributed by atoms with Crippen LogP contribution in [-0.4, -0.2) is 16.6 Å². The Balaban J connectivity index is 1.95. The number of carbonyl (C=O) groups excluding carboxylic acids is 1. The zero-order chi connectivity index (χ0) is 16.2. The van der Waals surface area contributed by atoms with Crippen molar-refractivity contribution < 1.29 is 9.90 Å². The van der Waals surface area contributed by atoms with E-state index in [2.05, 4.69) is 4.99 Å². The van der Waals surface area contributed by atoms with E-state index in [1.54, 1.807) is 0 Å². The average molecular weight is 305 g/mol. The predicted molar refractivity (Wildman–Crippen MR) is 92.4 cm³/mol. The van der Waals surface area contributed by atoms with E-state index >= 15 is 0 Å². The highest BCUT2D eigenvalue weighted by Crippen LogP contribution is 2.33. The number of aliphatic imine (C=N–C) groups is 1. The molecule has 1 aliphatic rings. The summed E-state index contributed by atoms with van der Waals surface area (Å²) in [7, 11) is 0. The first-order valence-electron chi connectivity index (χ1n) is 7.74. The summed E-state index contributed by atoms with van der Waals surface area (Å²) in [5, 5.41) is 9.45. The maximum absolute atomic E-state index is 12.4. The van der Waals surface area contributed by atoms with Crippen LogP contribution < -0.4 is 0 Å². The van der Waals surface area contributed by atoms with Gasteiger partial charge >= 0.3 is 0 Å². The van der Waals surface area contributed by atoms with Crippen molar-refractivity contribution in [1.29, 1.82) is 0 Å². The summed E-state index contributed by atoms with van der Waals surface area (Å²) in [6, 6.07) is 17.8. The van der Waals surface area contributed by atoms with Gasteiger partial charge < -0.3 is 5.11 Å². The predicted octanol–water partition coefficient (Wildman–Crippen LogP) is 4.66. The molecule has 1 fully saturated rings. The first kappa shape index (κ1) is 15.2. The van der Waals surface area contributed by atoms with E-state index in [4.69, 9.17) is 0 Å². The lowest BCUT2D eigenvalue weighted by molar-refractivity contribution is -0.115. The molecule has 0 aliphatic heterocycles. The van der Waals surface area contributed by atoms with Crippen molar-refractivity contribution in [3.05, 3.63) is 77.6 Å². The van der Waals surface area contributed by atoms with E-state index in [1.165, 1.54) is 0 Å². The minimum absolute atomic E-state index is 0.0570. The molecule has 2 aromatic carbocycles. The fourth-order valence-electron chi connectivity index (χ4n) is 2.90. The van der Waals surface area contributed by atoms with Gasteiger partial charge in [-0.15, -0.1) is 0 Å². The van der Waals surface area contributed by atoms with Gasteiger partial charge in [0.05, 0.1) is 23.2 Å². The number of hydrogen-bond acceptors (Lipinski definition) is 3. The number of Topliss-reactive ketones (excluding diaryl/α,β-unsaturated/α-hetero) is 1. The topological polar surface area (TPSA) is 49.7 Å². The van der Waals surface area contributed by atoms with Gasteiger partial charge in [0.2, 0.25) is 0 Å². The highest BCUT2D eigenvalue weighted by Gasteiger charge is 2.30.